The van der Waals surface area contributed by atoms with Crippen LogP contribution in [0.25, 0.3) is 0 Å². The Morgan fingerprint density at radius 1 is 1.25 bits per heavy atom. The molecule has 0 aliphatic carbocycles. The van der Waals surface area contributed by atoms with Crippen LogP contribution in [-0.4, -0.2) is 17.7 Å². The van der Waals surface area contributed by atoms with Crippen molar-refractivity contribution < 1.29 is 27.8 Å². The molecule has 0 aliphatic rings. The molecule has 0 aromatic heterocycles. The molecule has 16 heavy (non-hydrogen) atoms. The van der Waals surface area contributed by atoms with Crippen molar-refractivity contribution in [1.29, 1.82) is 0 Å². The second kappa shape index (κ2) is 4.87. The summed E-state index contributed by atoms with van der Waals surface area (Å²) < 4.78 is 41.4. The average Bonchev–Trinajstić information content (AvgIpc) is 2.16. The zero-order valence-electron chi connectivity index (χ0n) is 8.12. The Bertz CT molecular complexity index is 357. The van der Waals surface area contributed by atoms with Gasteiger partial charge in [-0.05, 0) is 24.3 Å². The van der Waals surface area contributed by atoms with Gasteiger partial charge in [0.25, 0.3) is 0 Å². The van der Waals surface area contributed by atoms with Crippen LogP contribution >= 0.6 is 0 Å². The summed E-state index contributed by atoms with van der Waals surface area (Å²) in [4.78, 5) is 10.1. The molecule has 1 N–H and O–H groups in total. The molecule has 0 radical (unpaired) electrons. The summed E-state index contributed by atoms with van der Waals surface area (Å²) in [6.45, 7) is -0.0688. The van der Waals surface area contributed by atoms with Crippen molar-refractivity contribution in [3.8, 4) is 5.75 Å². The lowest BCUT2D eigenvalue weighted by atomic mass is 10.2. The molecule has 6 heteroatoms. The van der Waals surface area contributed by atoms with Gasteiger partial charge in [0.15, 0.2) is 0 Å². The Kier molecular flexibility index (Phi) is 3.76. The first-order valence-electron chi connectivity index (χ1n) is 4.41. The van der Waals surface area contributed by atoms with Crippen LogP contribution in [0.4, 0.5) is 13.2 Å². The summed E-state index contributed by atoms with van der Waals surface area (Å²) in [5.41, 5.74) is -0.766. The fraction of sp³-hybridized carbons (Fsp3) is 0.300. The number of carboxylic acid groups (broad SMARTS) is 1. The van der Waals surface area contributed by atoms with Crippen LogP contribution in [0.2, 0.25) is 0 Å². The maximum absolute atomic E-state index is 12.2. The number of aliphatic carboxylic acids is 1. The van der Waals surface area contributed by atoms with Gasteiger partial charge in [-0.25, -0.2) is 0 Å². The van der Waals surface area contributed by atoms with Crippen LogP contribution in [0.15, 0.2) is 24.3 Å². The first-order chi connectivity index (χ1) is 7.39. The second-order valence-corrected chi connectivity index (χ2v) is 3.01. The van der Waals surface area contributed by atoms with Gasteiger partial charge in [-0.15, -0.1) is 0 Å². The minimum atomic E-state index is -4.38. The van der Waals surface area contributed by atoms with Crippen molar-refractivity contribution in [3.05, 3.63) is 29.8 Å². The lowest BCUT2D eigenvalue weighted by Crippen LogP contribution is -2.06. The van der Waals surface area contributed by atoms with E-state index < -0.39 is 17.7 Å². The molecule has 0 atom stereocenters. The number of halogens is 3. The Hall–Kier alpha value is -1.72. The van der Waals surface area contributed by atoms with E-state index in [9.17, 15) is 18.0 Å². The van der Waals surface area contributed by atoms with Gasteiger partial charge in [0, 0.05) is 0 Å². The molecule has 0 saturated carbocycles. The Morgan fingerprint density at radius 3 is 2.25 bits per heavy atom. The second-order valence-electron chi connectivity index (χ2n) is 3.01. The van der Waals surface area contributed by atoms with Gasteiger partial charge in [0.05, 0.1) is 18.6 Å². The molecule has 88 valence electrons. The van der Waals surface area contributed by atoms with Crippen LogP contribution in [0, 0.1) is 0 Å². The van der Waals surface area contributed by atoms with Crippen LogP contribution in [0.5, 0.6) is 5.75 Å². The zero-order valence-corrected chi connectivity index (χ0v) is 8.12. The first-order valence-corrected chi connectivity index (χ1v) is 4.41. The van der Waals surface area contributed by atoms with Crippen molar-refractivity contribution in [2.24, 2.45) is 0 Å². The largest absolute Gasteiger partial charge is 0.493 e. The maximum atomic E-state index is 12.2. The summed E-state index contributed by atoms with van der Waals surface area (Å²) in [6.07, 6.45) is -4.57. The van der Waals surface area contributed by atoms with Crippen molar-refractivity contribution >= 4 is 5.97 Å². The standard InChI is InChI=1S/C10H9F3O3/c11-10(12,13)7-1-3-8(4-2-7)16-6-5-9(14)15/h1-4H,5-6H2,(H,14,15). The number of carbonyl (C=O) groups is 1. The van der Waals surface area contributed by atoms with Crippen LogP contribution in [0.1, 0.15) is 12.0 Å². The Morgan fingerprint density at radius 2 is 1.81 bits per heavy atom. The number of alkyl halides is 3. The van der Waals surface area contributed by atoms with E-state index in [0.717, 1.165) is 24.3 Å². The molecule has 0 saturated heterocycles. The quantitative estimate of drug-likeness (QED) is 0.870. The van der Waals surface area contributed by atoms with E-state index in [1.54, 1.807) is 0 Å². The molecule has 0 aliphatic heterocycles. The average molecular weight is 234 g/mol. The fourth-order valence-electron chi connectivity index (χ4n) is 0.996. The number of benzene rings is 1. The minimum Gasteiger partial charge on any atom is -0.493 e. The van der Waals surface area contributed by atoms with E-state index >= 15 is 0 Å². The van der Waals surface area contributed by atoms with Crippen molar-refractivity contribution in [2.75, 3.05) is 6.61 Å². The van der Waals surface area contributed by atoms with Gasteiger partial charge < -0.3 is 9.84 Å². The van der Waals surface area contributed by atoms with Gasteiger partial charge >= 0.3 is 12.1 Å². The predicted molar refractivity (Wildman–Crippen MR) is 49.2 cm³/mol. The zero-order chi connectivity index (χ0) is 12.2. The van der Waals surface area contributed by atoms with E-state index in [1.165, 1.54) is 0 Å². The number of hydrogen-bond donors (Lipinski definition) is 1. The summed E-state index contributed by atoms with van der Waals surface area (Å²) in [5, 5.41) is 8.31. The van der Waals surface area contributed by atoms with Crippen molar-refractivity contribution in [3.63, 3.8) is 0 Å². The van der Waals surface area contributed by atoms with Crippen molar-refractivity contribution in [2.45, 2.75) is 12.6 Å². The molecule has 1 aromatic rings. The normalized spacial score (nSPS) is 11.2. The number of carboxylic acids is 1. The third-order valence-corrected chi connectivity index (χ3v) is 1.77. The third-order valence-electron chi connectivity index (χ3n) is 1.77. The molecular formula is C10H9F3O3. The van der Waals surface area contributed by atoms with Crippen LogP contribution < -0.4 is 4.74 Å². The van der Waals surface area contributed by atoms with Gasteiger partial charge in [-0.2, -0.15) is 13.2 Å². The molecule has 1 aromatic carbocycles. The van der Waals surface area contributed by atoms with E-state index in [2.05, 4.69) is 0 Å². The van der Waals surface area contributed by atoms with Crippen LogP contribution in [0.3, 0.4) is 0 Å². The van der Waals surface area contributed by atoms with Gasteiger partial charge in [0.1, 0.15) is 5.75 Å². The Balaban J connectivity index is 2.55. The highest BCUT2D eigenvalue weighted by Gasteiger charge is 2.29. The summed E-state index contributed by atoms with van der Waals surface area (Å²) >= 11 is 0. The third kappa shape index (κ3) is 3.80. The van der Waals surface area contributed by atoms with Gasteiger partial charge in [-0.3, -0.25) is 4.79 Å². The summed E-state index contributed by atoms with van der Waals surface area (Å²) in [6, 6.07) is 4.08. The first kappa shape index (κ1) is 12.4. The number of hydrogen-bond acceptors (Lipinski definition) is 2. The highest BCUT2D eigenvalue weighted by atomic mass is 19.4. The topological polar surface area (TPSA) is 46.5 Å². The lowest BCUT2D eigenvalue weighted by molar-refractivity contribution is -0.138. The molecule has 3 nitrogen and oxygen atoms in total. The monoisotopic (exact) mass is 234 g/mol. The number of ether oxygens (including phenoxy) is 1. The van der Waals surface area contributed by atoms with E-state index in [1.807, 2.05) is 0 Å². The molecular weight excluding hydrogens is 225 g/mol. The smallest absolute Gasteiger partial charge is 0.416 e. The highest BCUT2D eigenvalue weighted by Crippen LogP contribution is 2.30. The number of rotatable bonds is 4. The molecule has 0 bridgehead atoms. The van der Waals surface area contributed by atoms with E-state index in [-0.39, 0.29) is 18.8 Å². The minimum absolute atomic E-state index is 0.0688. The molecule has 0 unspecified atom stereocenters. The van der Waals surface area contributed by atoms with Crippen molar-refractivity contribution in [1.82, 2.24) is 0 Å². The SMILES string of the molecule is O=C(O)CCOc1ccc(C(F)(F)F)cc1. The predicted octanol–water partition coefficient (Wildman–Crippen LogP) is 2.56. The molecule has 0 spiro atoms. The van der Waals surface area contributed by atoms with Crippen LogP contribution in [-0.2, 0) is 11.0 Å². The summed E-state index contributed by atoms with van der Waals surface area (Å²) in [7, 11) is 0. The molecule has 1 rings (SSSR count). The lowest BCUT2D eigenvalue weighted by Gasteiger charge is -2.08. The summed E-state index contributed by atoms with van der Waals surface area (Å²) in [5.74, 6) is -0.804. The van der Waals surface area contributed by atoms with Gasteiger partial charge in [-0.1, -0.05) is 0 Å². The van der Waals surface area contributed by atoms with E-state index in [4.69, 9.17) is 9.84 Å². The Labute approximate surface area is 89.5 Å². The molecule has 0 heterocycles. The fourth-order valence-corrected chi connectivity index (χ4v) is 0.996. The molecule has 0 amide bonds. The molecule has 0 fully saturated rings. The maximum Gasteiger partial charge on any atom is 0.416 e. The highest BCUT2D eigenvalue weighted by molar-refractivity contribution is 5.66. The van der Waals surface area contributed by atoms with Gasteiger partial charge in [0.2, 0.25) is 0 Å². The van der Waals surface area contributed by atoms with E-state index in [0.29, 0.717) is 0 Å².